The molecule has 0 fully saturated rings. The first-order valence-electron chi connectivity index (χ1n) is 5.38. The minimum absolute atomic E-state index is 0.547. The van der Waals surface area contributed by atoms with Gasteiger partial charge in [-0.1, -0.05) is 17.7 Å². The van der Waals surface area contributed by atoms with Gasteiger partial charge in [0.1, 0.15) is 5.82 Å². The van der Waals surface area contributed by atoms with Crippen LogP contribution in [0.5, 0.6) is 0 Å². The summed E-state index contributed by atoms with van der Waals surface area (Å²) in [6.07, 6.45) is 2.41. The fourth-order valence-electron chi connectivity index (χ4n) is 1.83. The molecular formula is C12H15ClN4. The Labute approximate surface area is 105 Å². The van der Waals surface area contributed by atoms with Crippen molar-refractivity contribution in [3.8, 4) is 0 Å². The number of halogens is 1. The highest BCUT2D eigenvalue weighted by molar-refractivity contribution is 6.31. The predicted molar refractivity (Wildman–Crippen MR) is 69.1 cm³/mol. The highest BCUT2D eigenvalue weighted by Crippen LogP contribution is 2.24. The van der Waals surface area contributed by atoms with Gasteiger partial charge >= 0.3 is 0 Å². The summed E-state index contributed by atoms with van der Waals surface area (Å²) in [7, 11) is 1.88. The molecule has 0 aliphatic carbocycles. The van der Waals surface area contributed by atoms with Crippen LogP contribution in [0.4, 0.5) is 5.82 Å². The molecule has 0 saturated carbocycles. The second kappa shape index (κ2) is 4.37. The van der Waals surface area contributed by atoms with E-state index in [1.165, 1.54) is 0 Å². The van der Waals surface area contributed by atoms with E-state index in [1.54, 1.807) is 10.9 Å². The standard InChI is InChI=1S/C12H15ClN4/c1-7-4-9(12(14)15-6-7)5-10-11(13)8(2)16-17(10)3/h4,6H,5H2,1-3H3,(H2,14,15). The maximum Gasteiger partial charge on any atom is 0.126 e. The van der Waals surface area contributed by atoms with Gasteiger partial charge in [-0.05, 0) is 19.4 Å². The second-order valence-electron chi connectivity index (χ2n) is 4.20. The van der Waals surface area contributed by atoms with E-state index >= 15 is 0 Å². The lowest BCUT2D eigenvalue weighted by Crippen LogP contribution is -2.04. The van der Waals surface area contributed by atoms with Crippen molar-refractivity contribution in [2.75, 3.05) is 5.73 Å². The van der Waals surface area contributed by atoms with Crippen molar-refractivity contribution in [3.05, 3.63) is 39.8 Å². The lowest BCUT2D eigenvalue weighted by Gasteiger charge is -2.07. The molecule has 2 aromatic rings. The Bertz CT molecular complexity index is 560. The maximum absolute atomic E-state index is 6.21. The molecule has 0 aliphatic rings. The molecule has 2 heterocycles. The quantitative estimate of drug-likeness (QED) is 0.890. The molecule has 5 heteroatoms. The van der Waals surface area contributed by atoms with Crippen LogP contribution in [-0.4, -0.2) is 14.8 Å². The zero-order valence-electron chi connectivity index (χ0n) is 10.2. The minimum atomic E-state index is 0.547. The lowest BCUT2D eigenvalue weighted by atomic mass is 10.1. The number of aromatic nitrogens is 3. The van der Waals surface area contributed by atoms with Crippen molar-refractivity contribution < 1.29 is 0 Å². The maximum atomic E-state index is 6.21. The molecule has 2 rings (SSSR count). The van der Waals surface area contributed by atoms with E-state index in [9.17, 15) is 0 Å². The normalized spacial score (nSPS) is 10.8. The van der Waals surface area contributed by atoms with E-state index in [2.05, 4.69) is 10.1 Å². The predicted octanol–water partition coefficient (Wildman–Crippen LogP) is 2.26. The van der Waals surface area contributed by atoms with Crippen LogP contribution in [-0.2, 0) is 13.5 Å². The third kappa shape index (κ3) is 2.26. The van der Waals surface area contributed by atoms with Crippen molar-refractivity contribution in [2.24, 2.45) is 7.05 Å². The number of nitrogen functional groups attached to an aromatic ring is 1. The molecule has 0 saturated heterocycles. The Morgan fingerprint density at radius 2 is 2.12 bits per heavy atom. The van der Waals surface area contributed by atoms with Crippen molar-refractivity contribution >= 4 is 17.4 Å². The SMILES string of the molecule is Cc1cnc(N)c(Cc2c(Cl)c(C)nn2C)c1. The molecule has 17 heavy (non-hydrogen) atoms. The van der Waals surface area contributed by atoms with Gasteiger partial charge in [0.05, 0.1) is 16.4 Å². The first kappa shape index (κ1) is 11.9. The summed E-state index contributed by atoms with van der Waals surface area (Å²) in [6.45, 7) is 3.88. The third-order valence-electron chi connectivity index (χ3n) is 2.76. The first-order chi connectivity index (χ1) is 7.99. The first-order valence-corrected chi connectivity index (χ1v) is 5.75. The van der Waals surface area contributed by atoms with E-state index in [0.29, 0.717) is 17.3 Å². The molecule has 0 spiro atoms. The van der Waals surface area contributed by atoms with Crippen LogP contribution in [0.2, 0.25) is 5.02 Å². The van der Waals surface area contributed by atoms with Gasteiger partial charge in [0.25, 0.3) is 0 Å². The molecule has 0 radical (unpaired) electrons. The van der Waals surface area contributed by atoms with E-state index < -0.39 is 0 Å². The summed E-state index contributed by atoms with van der Waals surface area (Å²) in [5, 5.41) is 4.98. The molecule has 90 valence electrons. The molecule has 0 aromatic carbocycles. The van der Waals surface area contributed by atoms with E-state index in [0.717, 1.165) is 22.5 Å². The van der Waals surface area contributed by atoms with Crippen LogP contribution in [0.3, 0.4) is 0 Å². The summed E-state index contributed by atoms with van der Waals surface area (Å²) in [4.78, 5) is 4.15. The highest BCUT2D eigenvalue weighted by atomic mass is 35.5. The number of aryl methyl sites for hydroxylation is 3. The summed E-state index contributed by atoms with van der Waals surface area (Å²) in [5.41, 5.74) is 9.73. The van der Waals surface area contributed by atoms with Crippen LogP contribution in [0.1, 0.15) is 22.5 Å². The number of nitrogens with zero attached hydrogens (tertiary/aromatic N) is 3. The lowest BCUT2D eigenvalue weighted by molar-refractivity contribution is 0.716. The molecule has 0 amide bonds. The van der Waals surface area contributed by atoms with E-state index in [-0.39, 0.29) is 0 Å². The number of nitrogens with two attached hydrogens (primary N) is 1. The monoisotopic (exact) mass is 250 g/mol. The van der Waals surface area contributed by atoms with Crippen LogP contribution in [0.25, 0.3) is 0 Å². The van der Waals surface area contributed by atoms with E-state index in [1.807, 2.05) is 27.0 Å². The van der Waals surface area contributed by atoms with Crippen LogP contribution >= 0.6 is 11.6 Å². The molecule has 0 aliphatic heterocycles. The minimum Gasteiger partial charge on any atom is -0.383 e. The molecule has 2 aromatic heterocycles. The van der Waals surface area contributed by atoms with Gasteiger partial charge in [-0.2, -0.15) is 5.10 Å². The smallest absolute Gasteiger partial charge is 0.126 e. The van der Waals surface area contributed by atoms with Gasteiger partial charge in [-0.25, -0.2) is 4.98 Å². The van der Waals surface area contributed by atoms with Crippen molar-refractivity contribution in [1.29, 1.82) is 0 Å². The molecular weight excluding hydrogens is 236 g/mol. The number of hydrogen-bond donors (Lipinski definition) is 1. The third-order valence-corrected chi connectivity index (χ3v) is 3.25. The van der Waals surface area contributed by atoms with Crippen LogP contribution in [0.15, 0.2) is 12.3 Å². The zero-order valence-corrected chi connectivity index (χ0v) is 10.9. The molecule has 2 N–H and O–H groups in total. The zero-order chi connectivity index (χ0) is 12.6. The highest BCUT2D eigenvalue weighted by Gasteiger charge is 2.13. The summed E-state index contributed by atoms with van der Waals surface area (Å²) in [6, 6.07) is 2.03. The number of hydrogen-bond acceptors (Lipinski definition) is 3. The fraction of sp³-hybridized carbons (Fsp3) is 0.333. The van der Waals surface area contributed by atoms with Gasteiger partial charge < -0.3 is 5.73 Å². The molecule has 0 unspecified atom stereocenters. The van der Waals surface area contributed by atoms with Gasteiger partial charge in [0.2, 0.25) is 0 Å². The van der Waals surface area contributed by atoms with Gasteiger partial charge in [0.15, 0.2) is 0 Å². The molecule has 4 nitrogen and oxygen atoms in total. The van der Waals surface area contributed by atoms with Crippen LogP contribution < -0.4 is 5.73 Å². The fourth-order valence-corrected chi connectivity index (χ4v) is 2.06. The van der Waals surface area contributed by atoms with Gasteiger partial charge in [-0.15, -0.1) is 0 Å². The Morgan fingerprint density at radius 1 is 1.41 bits per heavy atom. The van der Waals surface area contributed by atoms with E-state index in [4.69, 9.17) is 17.3 Å². The van der Waals surface area contributed by atoms with Gasteiger partial charge in [-0.3, -0.25) is 4.68 Å². The Balaban J connectivity index is 2.41. The number of pyridine rings is 1. The van der Waals surface area contributed by atoms with Crippen molar-refractivity contribution in [3.63, 3.8) is 0 Å². The van der Waals surface area contributed by atoms with Crippen molar-refractivity contribution in [1.82, 2.24) is 14.8 Å². The number of rotatable bonds is 2. The Morgan fingerprint density at radius 3 is 2.71 bits per heavy atom. The molecule has 0 bridgehead atoms. The summed E-state index contributed by atoms with van der Waals surface area (Å²) < 4.78 is 1.79. The van der Waals surface area contributed by atoms with Crippen LogP contribution in [0, 0.1) is 13.8 Å². The topological polar surface area (TPSA) is 56.7 Å². The Kier molecular flexibility index (Phi) is 3.07. The van der Waals surface area contributed by atoms with Crippen molar-refractivity contribution in [2.45, 2.75) is 20.3 Å². The summed E-state index contributed by atoms with van der Waals surface area (Å²) in [5.74, 6) is 0.547. The second-order valence-corrected chi connectivity index (χ2v) is 4.58. The molecule has 0 atom stereocenters. The summed E-state index contributed by atoms with van der Waals surface area (Å²) >= 11 is 6.21. The average molecular weight is 251 g/mol. The Hall–Kier alpha value is -1.55. The number of anilines is 1. The largest absolute Gasteiger partial charge is 0.383 e. The average Bonchev–Trinajstić information content (AvgIpc) is 2.50. The van der Waals surface area contributed by atoms with Gasteiger partial charge in [0, 0.05) is 25.2 Å².